The van der Waals surface area contributed by atoms with Gasteiger partial charge in [0.05, 0.1) is 5.92 Å². The van der Waals surface area contributed by atoms with Crippen LogP contribution in [0.3, 0.4) is 0 Å². The van der Waals surface area contributed by atoms with E-state index in [4.69, 9.17) is 9.84 Å². The molecule has 1 aliphatic carbocycles. The van der Waals surface area contributed by atoms with Gasteiger partial charge in [-0.25, -0.2) is 0 Å². The summed E-state index contributed by atoms with van der Waals surface area (Å²) in [6.45, 7) is 3.54. The highest BCUT2D eigenvalue weighted by Crippen LogP contribution is 2.29. The molecule has 120 valence electrons. The maximum atomic E-state index is 12.6. The zero-order valence-corrected chi connectivity index (χ0v) is 14.2. The minimum Gasteiger partial charge on any atom is -0.481 e. The summed E-state index contributed by atoms with van der Waals surface area (Å²) in [7, 11) is 0. The molecule has 6 heteroatoms. The Balaban J connectivity index is 2.01. The summed E-state index contributed by atoms with van der Waals surface area (Å²) in [5.74, 6) is -1.02. The third-order valence-electron chi connectivity index (χ3n) is 3.62. The molecule has 1 saturated carbocycles. The Bertz CT molecular complexity index is 559. The molecule has 1 aromatic rings. The van der Waals surface area contributed by atoms with Crippen molar-refractivity contribution in [2.75, 3.05) is 6.54 Å². The number of rotatable bonds is 7. The Kier molecular flexibility index (Phi) is 5.45. The standard InChI is InChI=1S/C16H20BrNO4/c1-10(16(20)21)9-18(13-6-7-13)15(19)11(2)22-14-5-3-4-12(17)8-14/h3-5,8,10-11,13H,6-7,9H2,1-2H3,(H,20,21). The summed E-state index contributed by atoms with van der Waals surface area (Å²) in [4.78, 5) is 25.2. The maximum Gasteiger partial charge on any atom is 0.308 e. The van der Waals surface area contributed by atoms with Crippen LogP contribution in [0.4, 0.5) is 0 Å². The highest BCUT2D eigenvalue weighted by molar-refractivity contribution is 9.10. The molecule has 0 spiro atoms. The number of carbonyl (C=O) groups excluding carboxylic acids is 1. The Labute approximate surface area is 138 Å². The number of hydrogen-bond donors (Lipinski definition) is 1. The maximum absolute atomic E-state index is 12.6. The molecule has 2 unspecified atom stereocenters. The van der Waals surface area contributed by atoms with E-state index >= 15 is 0 Å². The van der Waals surface area contributed by atoms with E-state index in [1.807, 2.05) is 12.1 Å². The average molecular weight is 370 g/mol. The van der Waals surface area contributed by atoms with E-state index in [0.717, 1.165) is 17.3 Å². The topological polar surface area (TPSA) is 66.8 Å². The smallest absolute Gasteiger partial charge is 0.308 e. The van der Waals surface area contributed by atoms with Crippen molar-refractivity contribution in [2.24, 2.45) is 5.92 Å². The molecule has 0 radical (unpaired) electrons. The van der Waals surface area contributed by atoms with Crippen LogP contribution >= 0.6 is 15.9 Å². The molecule has 1 aliphatic rings. The number of carbonyl (C=O) groups is 2. The third kappa shape index (κ3) is 4.47. The van der Waals surface area contributed by atoms with Crippen LogP contribution in [0.25, 0.3) is 0 Å². The summed E-state index contributed by atoms with van der Waals surface area (Å²) >= 11 is 3.36. The monoisotopic (exact) mass is 369 g/mol. The number of amides is 1. The number of benzene rings is 1. The number of nitrogens with zero attached hydrogens (tertiary/aromatic N) is 1. The van der Waals surface area contributed by atoms with Crippen molar-refractivity contribution in [2.45, 2.75) is 38.8 Å². The van der Waals surface area contributed by atoms with Crippen LogP contribution in [0, 0.1) is 5.92 Å². The van der Waals surface area contributed by atoms with Crippen molar-refractivity contribution in [3.8, 4) is 5.75 Å². The van der Waals surface area contributed by atoms with E-state index in [1.54, 1.807) is 30.9 Å². The third-order valence-corrected chi connectivity index (χ3v) is 4.11. The largest absolute Gasteiger partial charge is 0.481 e. The summed E-state index contributed by atoms with van der Waals surface area (Å²) in [5.41, 5.74) is 0. The normalized spacial score (nSPS) is 16.7. The molecule has 0 heterocycles. The Morgan fingerprint density at radius 2 is 2.09 bits per heavy atom. The highest BCUT2D eigenvalue weighted by atomic mass is 79.9. The van der Waals surface area contributed by atoms with E-state index < -0.39 is 18.0 Å². The Morgan fingerprint density at radius 3 is 2.64 bits per heavy atom. The molecular weight excluding hydrogens is 350 g/mol. The van der Waals surface area contributed by atoms with Crippen molar-refractivity contribution in [1.29, 1.82) is 0 Å². The summed E-state index contributed by atoms with van der Waals surface area (Å²) in [5, 5.41) is 9.04. The lowest BCUT2D eigenvalue weighted by Gasteiger charge is -2.27. The van der Waals surface area contributed by atoms with Crippen LogP contribution in [0.1, 0.15) is 26.7 Å². The molecule has 2 atom stereocenters. The number of carboxylic acids is 1. The van der Waals surface area contributed by atoms with Gasteiger partial charge in [-0.05, 0) is 38.0 Å². The molecule has 0 aromatic heterocycles. The number of hydrogen-bond acceptors (Lipinski definition) is 3. The van der Waals surface area contributed by atoms with Gasteiger partial charge in [0, 0.05) is 17.1 Å². The predicted octanol–water partition coefficient (Wildman–Crippen LogP) is 2.93. The summed E-state index contributed by atoms with van der Waals surface area (Å²) < 4.78 is 6.57. The first-order valence-corrected chi connectivity index (χ1v) is 8.13. The fourth-order valence-corrected chi connectivity index (χ4v) is 2.58. The lowest BCUT2D eigenvalue weighted by Crippen LogP contribution is -2.45. The molecule has 5 nitrogen and oxygen atoms in total. The van der Waals surface area contributed by atoms with Crippen LogP contribution in [-0.2, 0) is 9.59 Å². The molecule has 22 heavy (non-hydrogen) atoms. The van der Waals surface area contributed by atoms with Crippen molar-refractivity contribution in [1.82, 2.24) is 4.90 Å². The van der Waals surface area contributed by atoms with Crippen molar-refractivity contribution >= 4 is 27.8 Å². The Hall–Kier alpha value is -1.56. The minimum atomic E-state index is -0.890. The van der Waals surface area contributed by atoms with E-state index in [2.05, 4.69) is 15.9 Å². The van der Waals surface area contributed by atoms with Crippen LogP contribution in [0.15, 0.2) is 28.7 Å². The number of halogens is 1. The van der Waals surface area contributed by atoms with Gasteiger partial charge in [0.15, 0.2) is 6.10 Å². The molecule has 1 N–H and O–H groups in total. The van der Waals surface area contributed by atoms with Crippen LogP contribution in [0.5, 0.6) is 5.75 Å². The second-order valence-corrected chi connectivity index (χ2v) is 6.59. The average Bonchev–Trinajstić information content (AvgIpc) is 3.28. The van der Waals surface area contributed by atoms with Gasteiger partial charge in [0.2, 0.25) is 0 Å². The van der Waals surface area contributed by atoms with Gasteiger partial charge in [0.1, 0.15) is 5.75 Å². The van der Waals surface area contributed by atoms with Gasteiger partial charge in [-0.15, -0.1) is 0 Å². The number of carboxylic acid groups (broad SMARTS) is 1. The fraction of sp³-hybridized carbons (Fsp3) is 0.500. The Morgan fingerprint density at radius 1 is 1.41 bits per heavy atom. The lowest BCUT2D eigenvalue weighted by atomic mass is 10.1. The molecule has 1 fully saturated rings. The van der Waals surface area contributed by atoms with Gasteiger partial charge in [-0.1, -0.05) is 28.9 Å². The number of aliphatic carboxylic acids is 1. The second-order valence-electron chi connectivity index (χ2n) is 5.68. The zero-order chi connectivity index (χ0) is 16.3. The highest BCUT2D eigenvalue weighted by Gasteiger charge is 2.36. The van der Waals surface area contributed by atoms with Gasteiger partial charge in [-0.2, -0.15) is 0 Å². The van der Waals surface area contributed by atoms with Crippen molar-refractivity contribution in [3.05, 3.63) is 28.7 Å². The van der Waals surface area contributed by atoms with Gasteiger partial charge >= 0.3 is 5.97 Å². The fourth-order valence-electron chi connectivity index (χ4n) is 2.21. The van der Waals surface area contributed by atoms with Gasteiger partial charge < -0.3 is 14.7 Å². The van der Waals surface area contributed by atoms with E-state index in [-0.39, 0.29) is 18.5 Å². The molecule has 1 amide bonds. The molecule has 1 aromatic carbocycles. The van der Waals surface area contributed by atoms with Gasteiger partial charge in [-0.3, -0.25) is 9.59 Å². The quantitative estimate of drug-likeness (QED) is 0.802. The molecule has 0 saturated heterocycles. The number of ether oxygens (including phenoxy) is 1. The molecular formula is C16H20BrNO4. The SMILES string of the molecule is CC(CN(C(=O)C(C)Oc1cccc(Br)c1)C1CC1)C(=O)O. The molecule has 0 aliphatic heterocycles. The van der Waals surface area contributed by atoms with E-state index in [9.17, 15) is 9.59 Å². The van der Waals surface area contributed by atoms with Crippen molar-refractivity contribution in [3.63, 3.8) is 0 Å². The minimum absolute atomic E-state index is 0.155. The summed E-state index contributed by atoms with van der Waals surface area (Å²) in [6.07, 6.45) is 1.22. The van der Waals surface area contributed by atoms with E-state index in [1.165, 1.54) is 0 Å². The molecule has 2 rings (SSSR count). The van der Waals surface area contributed by atoms with E-state index in [0.29, 0.717) is 5.75 Å². The van der Waals surface area contributed by atoms with Crippen molar-refractivity contribution < 1.29 is 19.4 Å². The van der Waals surface area contributed by atoms with Crippen LogP contribution in [0.2, 0.25) is 0 Å². The lowest BCUT2D eigenvalue weighted by molar-refractivity contribution is -0.145. The van der Waals surface area contributed by atoms with Gasteiger partial charge in [0.25, 0.3) is 5.91 Å². The first-order valence-electron chi connectivity index (χ1n) is 7.34. The van der Waals surface area contributed by atoms with Crippen LogP contribution in [-0.4, -0.2) is 40.6 Å². The molecule has 0 bridgehead atoms. The zero-order valence-electron chi connectivity index (χ0n) is 12.7. The summed E-state index contributed by atoms with van der Waals surface area (Å²) in [6, 6.07) is 7.45. The second kappa shape index (κ2) is 7.13. The predicted molar refractivity (Wildman–Crippen MR) is 85.8 cm³/mol. The van der Waals surface area contributed by atoms with Crippen LogP contribution < -0.4 is 4.74 Å². The first-order chi connectivity index (χ1) is 10.4. The first kappa shape index (κ1) is 16.8.